The normalized spacial score (nSPS) is 15.1. The summed E-state index contributed by atoms with van der Waals surface area (Å²) in [5, 5.41) is 2.31. The van der Waals surface area contributed by atoms with Crippen molar-refractivity contribution < 1.29 is 4.39 Å². The average molecular weight is 349 g/mol. The van der Waals surface area contributed by atoms with E-state index in [4.69, 9.17) is 23.2 Å². The van der Waals surface area contributed by atoms with Crippen LogP contribution in [0.4, 0.5) is 4.39 Å². The van der Waals surface area contributed by atoms with E-state index >= 15 is 0 Å². The second-order valence-corrected chi connectivity index (χ2v) is 6.81. The van der Waals surface area contributed by atoms with Gasteiger partial charge >= 0.3 is 0 Å². The highest BCUT2D eigenvalue weighted by atomic mass is 35.5. The van der Waals surface area contributed by atoms with Gasteiger partial charge in [-0.3, -0.25) is 4.90 Å². The van der Waals surface area contributed by atoms with Crippen molar-refractivity contribution in [2.75, 3.05) is 6.54 Å². The highest BCUT2D eigenvalue weighted by Gasteiger charge is 2.21. The van der Waals surface area contributed by atoms with Crippen molar-refractivity contribution >= 4 is 34.1 Å². The summed E-state index contributed by atoms with van der Waals surface area (Å²) in [5.74, 6) is -0.197. The molecule has 2 nitrogen and oxygen atoms in total. The van der Waals surface area contributed by atoms with Crippen molar-refractivity contribution in [1.29, 1.82) is 0 Å². The van der Waals surface area contributed by atoms with Crippen LogP contribution >= 0.6 is 23.2 Å². The number of nitrogens with one attached hydrogen (secondary N) is 1. The van der Waals surface area contributed by atoms with Crippen molar-refractivity contribution in [3.05, 3.63) is 69.1 Å². The summed E-state index contributed by atoms with van der Waals surface area (Å²) in [4.78, 5) is 5.74. The molecule has 2 heterocycles. The van der Waals surface area contributed by atoms with Crippen LogP contribution in [-0.4, -0.2) is 16.4 Å². The molecular weight excluding hydrogens is 334 g/mol. The Morgan fingerprint density at radius 2 is 2.00 bits per heavy atom. The summed E-state index contributed by atoms with van der Waals surface area (Å²) in [5.41, 5.74) is 4.47. The highest BCUT2D eigenvalue weighted by Crippen LogP contribution is 2.30. The number of nitrogens with zero attached hydrogens (tertiary/aromatic N) is 1. The second-order valence-electron chi connectivity index (χ2n) is 5.97. The SMILES string of the molecule is Fc1ccc2[nH]c3c(c2c1)CN(Cc1ccc(Cl)cc1Cl)CC3. The van der Waals surface area contributed by atoms with Crippen molar-refractivity contribution in [2.24, 2.45) is 0 Å². The number of hydrogen-bond donors (Lipinski definition) is 1. The Hall–Kier alpha value is -1.55. The number of aromatic nitrogens is 1. The third kappa shape index (κ3) is 2.85. The molecule has 0 unspecified atom stereocenters. The van der Waals surface area contributed by atoms with Gasteiger partial charge in [-0.05, 0) is 41.5 Å². The van der Waals surface area contributed by atoms with Gasteiger partial charge < -0.3 is 4.98 Å². The number of H-pyrrole nitrogens is 1. The molecule has 0 spiro atoms. The number of benzene rings is 2. The van der Waals surface area contributed by atoms with Crippen LogP contribution in [0.3, 0.4) is 0 Å². The Kier molecular flexibility index (Phi) is 3.80. The minimum absolute atomic E-state index is 0.197. The maximum absolute atomic E-state index is 13.6. The molecule has 4 rings (SSSR count). The second kappa shape index (κ2) is 5.82. The van der Waals surface area contributed by atoms with Crippen molar-refractivity contribution in [1.82, 2.24) is 9.88 Å². The third-order valence-corrected chi connectivity index (χ3v) is 5.01. The highest BCUT2D eigenvalue weighted by molar-refractivity contribution is 6.35. The lowest BCUT2D eigenvalue weighted by atomic mass is 10.0. The Bertz CT molecular complexity index is 888. The van der Waals surface area contributed by atoms with E-state index in [0.717, 1.165) is 42.5 Å². The van der Waals surface area contributed by atoms with Crippen molar-refractivity contribution in [3.8, 4) is 0 Å². The molecule has 2 aromatic carbocycles. The zero-order valence-electron chi connectivity index (χ0n) is 12.4. The van der Waals surface area contributed by atoms with E-state index in [1.807, 2.05) is 18.2 Å². The van der Waals surface area contributed by atoms with Gasteiger partial charge in [-0.1, -0.05) is 29.3 Å². The van der Waals surface area contributed by atoms with Gasteiger partial charge in [0.15, 0.2) is 0 Å². The summed E-state index contributed by atoms with van der Waals surface area (Å²) in [6.45, 7) is 2.50. The van der Waals surface area contributed by atoms with Gasteiger partial charge in [-0.2, -0.15) is 0 Å². The molecule has 1 N–H and O–H groups in total. The van der Waals surface area contributed by atoms with Gasteiger partial charge in [0, 0.05) is 52.7 Å². The monoisotopic (exact) mass is 348 g/mol. The van der Waals surface area contributed by atoms with Crippen LogP contribution in [0.5, 0.6) is 0 Å². The minimum atomic E-state index is -0.197. The molecule has 0 atom stereocenters. The fourth-order valence-corrected chi connectivity index (χ4v) is 3.74. The quantitative estimate of drug-likeness (QED) is 0.676. The predicted molar refractivity (Wildman–Crippen MR) is 92.5 cm³/mol. The van der Waals surface area contributed by atoms with Crippen LogP contribution in [0.25, 0.3) is 10.9 Å². The molecule has 1 aromatic heterocycles. The fourth-order valence-electron chi connectivity index (χ4n) is 3.27. The molecule has 23 heavy (non-hydrogen) atoms. The van der Waals surface area contributed by atoms with Crippen molar-refractivity contribution in [2.45, 2.75) is 19.5 Å². The molecule has 118 valence electrons. The number of hydrogen-bond acceptors (Lipinski definition) is 1. The number of fused-ring (bicyclic) bond motifs is 3. The molecule has 0 aliphatic carbocycles. The van der Waals surface area contributed by atoms with Gasteiger partial charge in [-0.15, -0.1) is 0 Å². The zero-order valence-corrected chi connectivity index (χ0v) is 13.9. The predicted octanol–water partition coefficient (Wildman–Crippen LogP) is 5.17. The van der Waals surface area contributed by atoms with Crippen LogP contribution in [-0.2, 0) is 19.5 Å². The molecule has 3 aromatic rings. The zero-order chi connectivity index (χ0) is 16.0. The topological polar surface area (TPSA) is 19.0 Å². The first-order valence-corrected chi connectivity index (χ1v) is 8.31. The Balaban J connectivity index is 1.63. The van der Waals surface area contributed by atoms with Gasteiger partial charge in [0.25, 0.3) is 0 Å². The average Bonchev–Trinajstić information content (AvgIpc) is 2.87. The van der Waals surface area contributed by atoms with Gasteiger partial charge in [0.1, 0.15) is 5.82 Å². The first-order chi connectivity index (χ1) is 11.1. The molecule has 5 heteroatoms. The molecule has 0 fully saturated rings. The van der Waals surface area contributed by atoms with Crippen LogP contribution in [0.2, 0.25) is 10.0 Å². The fraction of sp³-hybridized carbons (Fsp3) is 0.222. The summed E-state index contributed by atoms with van der Waals surface area (Å²) in [7, 11) is 0. The molecule has 0 radical (unpaired) electrons. The van der Waals surface area contributed by atoms with E-state index in [2.05, 4.69) is 9.88 Å². The lowest BCUT2D eigenvalue weighted by molar-refractivity contribution is 0.246. The summed E-state index contributed by atoms with van der Waals surface area (Å²) in [6, 6.07) is 10.5. The number of aromatic amines is 1. The van der Waals surface area contributed by atoms with E-state index in [-0.39, 0.29) is 5.82 Å². The van der Waals surface area contributed by atoms with E-state index in [1.165, 1.54) is 17.3 Å². The van der Waals surface area contributed by atoms with E-state index in [9.17, 15) is 4.39 Å². The van der Waals surface area contributed by atoms with Gasteiger partial charge in [-0.25, -0.2) is 4.39 Å². The van der Waals surface area contributed by atoms with Crippen LogP contribution in [0.15, 0.2) is 36.4 Å². The largest absolute Gasteiger partial charge is 0.358 e. The summed E-state index contributed by atoms with van der Waals surface area (Å²) in [6.07, 6.45) is 0.927. The Morgan fingerprint density at radius 3 is 2.83 bits per heavy atom. The molecule has 0 bridgehead atoms. The van der Waals surface area contributed by atoms with Crippen LogP contribution < -0.4 is 0 Å². The van der Waals surface area contributed by atoms with Crippen LogP contribution in [0, 0.1) is 5.82 Å². The van der Waals surface area contributed by atoms with E-state index in [0.29, 0.717) is 10.0 Å². The molecule has 0 amide bonds. The summed E-state index contributed by atoms with van der Waals surface area (Å²) < 4.78 is 13.6. The maximum atomic E-state index is 13.6. The third-order valence-electron chi connectivity index (χ3n) is 4.43. The maximum Gasteiger partial charge on any atom is 0.123 e. The number of halogens is 3. The first-order valence-electron chi connectivity index (χ1n) is 7.55. The Morgan fingerprint density at radius 1 is 1.13 bits per heavy atom. The number of rotatable bonds is 2. The van der Waals surface area contributed by atoms with Gasteiger partial charge in [0.05, 0.1) is 0 Å². The lowest BCUT2D eigenvalue weighted by Gasteiger charge is -2.27. The molecule has 0 saturated carbocycles. The van der Waals surface area contributed by atoms with Gasteiger partial charge in [0.2, 0.25) is 0 Å². The molecule has 1 aliphatic heterocycles. The molecule has 0 saturated heterocycles. The lowest BCUT2D eigenvalue weighted by Crippen LogP contribution is -2.29. The van der Waals surface area contributed by atoms with E-state index in [1.54, 1.807) is 12.1 Å². The molecule has 1 aliphatic rings. The Labute approximate surface area is 143 Å². The first kappa shape index (κ1) is 15.0. The van der Waals surface area contributed by atoms with E-state index < -0.39 is 0 Å². The van der Waals surface area contributed by atoms with Crippen molar-refractivity contribution in [3.63, 3.8) is 0 Å². The standard InChI is InChI=1S/C18H15Cl2FN2/c19-12-2-1-11(16(20)7-12)9-23-6-5-18-15(10-23)14-8-13(21)3-4-17(14)22-18/h1-4,7-8,22H,5-6,9-10H2. The summed E-state index contributed by atoms with van der Waals surface area (Å²) >= 11 is 12.2. The smallest absolute Gasteiger partial charge is 0.123 e. The minimum Gasteiger partial charge on any atom is -0.358 e. The van der Waals surface area contributed by atoms with Crippen LogP contribution in [0.1, 0.15) is 16.8 Å². The molecular formula is C18H15Cl2FN2.